The second-order valence-electron chi connectivity index (χ2n) is 6.68. The Morgan fingerprint density at radius 2 is 2.04 bits per heavy atom. The normalized spacial score (nSPS) is 15.7. The Balaban J connectivity index is 1.83. The lowest BCUT2D eigenvalue weighted by Gasteiger charge is -2.31. The van der Waals surface area contributed by atoms with Gasteiger partial charge in [0.2, 0.25) is 5.91 Å². The molecule has 2 amide bonds. The van der Waals surface area contributed by atoms with E-state index in [1.807, 2.05) is 44.1 Å². The Kier molecular flexibility index (Phi) is 6.75. The van der Waals surface area contributed by atoms with Gasteiger partial charge < -0.3 is 20.9 Å². The molecule has 1 atom stereocenters. The van der Waals surface area contributed by atoms with Crippen LogP contribution in [0.3, 0.4) is 0 Å². The zero-order chi connectivity index (χ0) is 17.5. The highest BCUT2D eigenvalue weighted by molar-refractivity contribution is 5.94. The van der Waals surface area contributed by atoms with Crippen molar-refractivity contribution in [2.75, 3.05) is 40.3 Å². The monoisotopic (exact) mass is 332 g/mol. The summed E-state index contributed by atoms with van der Waals surface area (Å²) in [6.07, 6.45) is 0. The smallest absolute Gasteiger partial charge is 0.251 e. The van der Waals surface area contributed by atoms with E-state index in [4.69, 9.17) is 0 Å². The number of nitrogens with one attached hydrogen (secondary N) is 3. The summed E-state index contributed by atoms with van der Waals surface area (Å²) in [6, 6.07) is 7.40. The highest BCUT2D eigenvalue weighted by Gasteiger charge is 2.28. The maximum atomic E-state index is 12.2. The van der Waals surface area contributed by atoms with Gasteiger partial charge in [0, 0.05) is 31.1 Å². The van der Waals surface area contributed by atoms with Crippen LogP contribution in [-0.2, 0) is 11.3 Å². The number of rotatable bonds is 8. The fourth-order valence-electron chi connectivity index (χ4n) is 2.55. The van der Waals surface area contributed by atoms with Crippen LogP contribution in [0.1, 0.15) is 22.8 Å². The zero-order valence-electron chi connectivity index (χ0n) is 14.8. The minimum absolute atomic E-state index is 0.0174. The molecule has 6 heteroatoms. The Bertz CT molecular complexity index is 570. The summed E-state index contributed by atoms with van der Waals surface area (Å²) in [4.78, 5) is 26.3. The number of benzene rings is 1. The zero-order valence-corrected chi connectivity index (χ0v) is 14.8. The van der Waals surface area contributed by atoms with Crippen molar-refractivity contribution in [3.63, 3.8) is 0 Å². The molecule has 0 aromatic heterocycles. The summed E-state index contributed by atoms with van der Waals surface area (Å²) in [5.41, 5.74) is 1.55. The fourth-order valence-corrected chi connectivity index (χ4v) is 2.55. The predicted molar refractivity (Wildman–Crippen MR) is 94.7 cm³/mol. The van der Waals surface area contributed by atoms with Crippen molar-refractivity contribution < 1.29 is 9.59 Å². The lowest BCUT2D eigenvalue weighted by molar-refractivity contribution is -0.126. The van der Waals surface area contributed by atoms with Crippen molar-refractivity contribution in [1.29, 1.82) is 0 Å². The molecule has 1 saturated heterocycles. The fraction of sp³-hybridized carbons (Fsp3) is 0.556. The van der Waals surface area contributed by atoms with Gasteiger partial charge in [-0.05, 0) is 50.8 Å². The van der Waals surface area contributed by atoms with Crippen LogP contribution in [-0.4, -0.2) is 57.0 Å². The number of carbonyl (C=O) groups excluding carboxylic acids is 2. The Morgan fingerprint density at radius 1 is 1.29 bits per heavy atom. The van der Waals surface area contributed by atoms with Crippen LogP contribution >= 0.6 is 0 Å². The van der Waals surface area contributed by atoms with Crippen LogP contribution in [0.2, 0.25) is 0 Å². The minimum atomic E-state index is -0.0843. The maximum absolute atomic E-state index is 12.2. The number of carbonyl (C=O) groups is 2. The van der Waals surface area contributed by atoms with Crippen LogP contribution in [0.4, 0.5) is 0 Å². The first-order valence-corrected chi connectivity index (χ1v) is 8.47. The van der Waals surface area contributed by atoms with Crippen LogP contribution in [0.25, 0.3) is 0 Å². The van der Waals surface area contributed by atoms with Crippen LogP contribution in [0, 0.1) is 11.8 Å². The topological polar surface area (TPSA) is 73.5 Å². The average Bonchev–Trinajstić information content (AvgIpc) is 2.50. The third-order valence-electron chi connectivity index (χ3n) is 4.43. The number of hydrogen-bond acceptors (Lipinski definition) is 4. The molecular weight excluding hydrogens is 304 g/mol. The highest BCUT2D eigenvalue weighted by Crippen LogP contribution is 2.16. The van der Waals surface area contributed by atoms with Gasteiger partial charge in [-0.15, -0.1) is 0 Å². The van der Waals surface area contributed by atoms with Gasteiger partial charge in [0.1, 0.15) is 0 Å². The standard InChI is InChI=1S/C18H28N4O2/c1-13(16-11-19-12-16)17(23)21-10-14-5-4-6-15(9-14)18(24)20-7-8-22(2)3/h4-6,9,13,16,19H,7-8,10-12H2,1-3H3,(H,20,24)(H,21,23). The first-order valence-electron chi connectivity index (χ1n) is 8.47. The van der Waals surface area contributed by atoms with Crippen molar-refractivity contribution >= 4 is 11.8 Å². The van der Waals surface area contributed by atoms with E-state index in [-0.39, 0.29) is 17.7 Å². The molecule has 3 N–H and O–H groups in total. The molecule has 6 nitrogen and oxygen atoms in total. The second-order valence-corrected chi connectivity index (χ2v) is 6.68. The third-order valence-corrected chi connectivity index (χ3v) is 4.43. The lowest BCUT2D eigenvalue weighted by atomic mass is 9.88. The number of likely N-dealkylation sites (N-methyl/N-ethyl adjacent to an activating group) is 1. The molecule has 1 aromatic carbocycles. The van der Waals surface area contributed by atoms with Gasteiger partial charge in [-0.2, -0.15) is 0 Å². The predicted octanol–water partition coefficient (Wildman–Crippen LogP) is 0.450. The van der Waals surface area contributed by atoms with E-state index in [0.29, 0.717) is 24.6 Å². The number of amides is 2. The first kappa shape index (κ1) is 18.4. The Hall–Kier alpha value is -1.92. The second kappa shape index (κ2) is 8.80. The van der Waals surface area contributed by atoms with Gasteiger partial charge in [-0.3, -0.25) is 9.59 Å². The van der Waals surface area contributed by atoms with E-state index >= 15 is 0 Å². The van der Waals surface area contributed by atoms with Gasteiger partial charge >= 0.3 is 0 Å². The SMILES string of the molecule is CC(C(=O)NCc1cccc(C(=O)NCCN(C)C)c1)C1CNC1. The Morgan fingerprint density at radius 3 is 2.67 bits per heavy atom. The number of hydrogen-bond donors (Lipinski definition) is 3. The van der Waals surface area contributed by atoms with Crippen LogP contribution in [0.15, 0.2) is 24.3 Å². The summed E-state index contributed by atoms with van der Waals surface area (Å²) in [6.45, 7) is 5.65. The molecule has 0 radical (unpaired) electrons. The van der Waals surface area contributed by atoms with E-state index in [1.165, 1.54) is 0 Å². The molecule has 0 bridgehead atoms. The molecule has 132 valence electrons. The van der Waals surface area contributed by atoms with E-state index in [2.05, 4.69) is 16.0 Å². The van der Waals surface area contributed by atoms with Crippen molar-refractivity contribution in [3.05, 3.63) is 35.4 Å². The van der Waals surface area contributed by atoms with Crippen LogP contribution in [0.5, 0.6) is 0 Å². The highest BCUT2D eigenvalue weighted by atomic mass is 16.2. The average molecular weight is 332 g/mol. The molecule has 0 spiro atoms. The maximum Gasteiger partial charge on any atom is 0.251 e. The van der Waals surface area contributed by atoms with Gasteiger partial charge in [0.15, 0.2) is 0 Å². The summed E-state index contributed by atoms with van der Waals surface area (Å²) in [5.74, 6) is 0.434. The number of nitrogens with zero attached hydrogens (tertiary/aromatic N) is 1. The summed E-state index contributed by atoms with van der Waals surface area (Å²) >= 11 is 0. The molecule has 1 aliphatic rings. The molecule has 1 heterocycles. The van der Waals surface area contributed by atoms with E-state index in [1.54, 1.807) is 6.07 Å². The molecule has 2 rings (SSSR count). The van der Waals surface area contributed by atoms with Crippen molar-refractivity contribution in [1.82, 2.24) is 20.9 Å². The summed E-state index contributed by atoms with van der Waals surface area (Å²) in [5, 5.41) is 9.05. The molecule has 0 saturated carbocycles. The van der Waals surface area contributed by atoms with Gasteiger partial charge in [0.25, 0.3) is 5.91 Å². The van der Waals surface area contributed by atoms with Crippen molar-refractivity contribution in [2.45, 2.75) is 13.5 Å². The Labute approximate surface area is 144 Å². The van der Waals surface area contributed by atoms with E-state index in [9.17, 15) is 9.59 Å². The molecular formula is C18H28N4O2. The summed E-state index contributed by atoms with van der Waals surface area (Å²) in [7, 11) is 3.94. The van der Waals surface area contributed by atoms with Crippen molar-refractivity contribution in [3.8, 4) is 0 Å². The largest absolute Gasteiger partial charge is 0.352 e. The molecule has 0 aliphatic carbocycles. The summed E-state index contributed by atoms with van der Waals surface area (Å²) < 4.78 is 0. The first-order chi connectivity index (χ1) is 11.5. The van der Waals surface area contributed by atoms with E-state index in [0.717, 1.165) is 25.2 Å². The van der Waals surface area contributed by atoms with E-state index < -0.39 is 0 Å². The quantitative estimate of drug-likeness (QED) is 0.646. The molecule has 1 fully saturated rings. The van der Waals surface area contributed by atoms with Crippen molar-refractivity contribution in [2.24, 2.45) is 11.8 Å². The third kappa shape index (κ3) is 5.32. The molecule has 1 unspecified atom stereocenters. The lowest BCUT2D eigenvalue weighted by Crippen LogP contribution is -2.49. The van der Waals surface area contributed by atoms with Gasteiger partial charge in [-0.1, -0.05) is 19.1 Å². The molecule has 24 heavy (non-hydrogen) atoms. The van der Waals surface area contributed by atoms with Gasteiger partial charge in [-0.25, -0.2) is 0 Å². The molecule has 1 aliphatic heterocycles. The van der Waals surface area contributed by atoms with Crippen LogP contribution < -0.4 is 16.0 Å². The molecule has 1 aromatic rings. The van der Waals surface area contributed by atoms with Gasteiger partial charge in [0.05, 0.1) is 0 Å². The minimum Gasteiger partial charge on any atom is -0.352 e.